The van der Waals surface area contributed by atoms with E-state index in [1.54, 1.807) is 12.1 Å². The second-order valence-electron chi connectivity index (χ2n) is 5.32. The lowest BCUT2D eigenvalue weighted by Gasteiger charge is -2.36. The highest BCUT2D eigenvalue weighted by Gasteiger charge is 2.36. The van der Waals surface area contributed by atoms with Crippen molar-refractivity contribution < 1.29 is 4.39 Å². The average molecular weight is 269 g/mol. The summed E-state index contributed by atoms with van der Waals surface area (Å²) in [5.41, 5.74) is 0.907. The first-order valence-corrected chi connectivity index (χ1v) is 7.00. The van der Waals surface area contributed by atoms with Crippen LogP contribution in [-0.2, 0) is 6.54 Å². The summed E-state index contributed by atoms with van der Waals surface area (Å²) in [5.74, 6) is 0.623. The van der Waals surface area contributed by atoms with E-state index < -0.39 is 0 Å². The zero-order valence-electron chi connectivity index (χ0n) is 10.3. The van der Waals surface area contributed by atoms with Gasteiger partial charge in [0.25, 0.3) is 0 Å². The maximum atomic E-state index is 13.3. The van der Waals surface area contributed by atoms with E-state index in [2.05, 4.69) is 10.2 Å². The van der Waals surface area contributed by atoms with Crippen LogP contribution in [0.2, 0.25) is 5.02 Å². The van der Waals surface area contributed by atoms with Gasteiger partial charge >= 0.3 is 0 Å². The molecule has 1 aromatic rings. The van der Waals surface area contributed by atoms with E-state index in [1.807, 2.05) is 0 Å². The summed E-state index contributed by atoms with van der Waals surface area (Å²) in [4.78, 5) is 2.45. The summed E-state index contributed by atoms with van der Waals surface area (Å²) in [6.07, 6.45) is 2.67. The maximum absolute atomic E-state index is 13.3. The summed E-state index contributed by atoms with van der Waals surface area (Å²) in [7, 11) is 0. The Bertz CT molecular complexity index is 434. The minimum atomic E-state index is -0.201. The number of halogens is 2. The fourth-order valence-corrected chi connectivity index (χ4v) is 2.97. The molecule has 1 atom stereocenters. The highest BCUT2D eigenvalue weighted by atomic mass is 35.5. The molecule has 1 unspecified atom stereocenters. The number of nitrogens with zero attached hydrogens (tertiary/aromatic N) is 1. The van der Waals surface area contributed by atoms with Gasteiger partial charge in [-0.3, -0.25) is 4.90 Å². The minimum absolute atomic E-state index is 0.201. The molecule has 1 aliphatic heterocycles. The largest absolute Gasteiger partial charge is 0.314 e. The van der Waals surface area contributed by atoms with Crippen molar-refractivity contribution >= 4 is 11.6 Å². The van der Waals surface area contributed by atoms with Crippen LogP contribution in [0, 0.1) is 11.7 Å². The minimum Gasteiger partial charge on any atom is -0.314 e. The van der Waals surface area contributed by atoms with Crippen LogP contribution >= 0.6 is 11.6 Å². The molecule has 1 saturated carbocycles. The smallest absolute Gasteiger partial charge is 0.123 e. The summed E-state index contributed by atoms with van der Waals surface area (Å²) >= 11 is 6.15. The fraction of sp³-hybridized carbons (Fsp3) is 0.571. The van der Waals surface area contributed by atoms with Gasteiger partial charge in [-0.25, -0.2) is 4.39 Å². The van der Waals surface area contributed by atoms with E-state index in [1.165, 1.54) is 18.9 Å². The molecule has 98 valence electrons. The molecule has 1 heterocycles. The fourth-order valence-electron chi connectivity index (χ4n) is 2.79. The van der Waals surface area contributed by atoms with Crippen molar-refractivity contribution in [2.45, 2.75) is 25.4 Å². The Morgan fingerprint density at radius 1 is 1.39 bits per heavy atom. The SMILES string of the molecule is Fc1ccc(Cl)c(CN2CCNCC2C2CC2)c1. The Hall–Kier alpha value is -0.640. The summed E-state index contributed by atoms with van der Waals surface area (Å²) in [6, 6.07) is 5.23. The van der Waals surface area contributed by atoms with Crippen LogP contribution in [0.4, 0.5) is 4.39 Å². The second-order valence-corrected chi connectivity index (χ2v) is 5.72. The summed E-state index contributed by atoms with van der Waals surface area (Å²) in [6.45, 7) is 3.85. The van der Waals surface area contributed by atoms with E-state index in [9.17, 15) is 4.39 Å². The van der Waals surface area contributed by atoms with Gasteiger partial charge in [0.1, 0.15) is 5.82 Å². The van der Waals surface area contributed by atoms with Crippen LogP contribution in [0.5, 0.6) is 0 Å². The predicted molar refractivity (Wildman–Crippen MR) is 71.2 cm³/mol. The number of hydrogen-bond acceptors (Lipinski definition) is 2. The quantitative estimate of drug-likeness (QED) is 0.907. The molecule has 0 bridgehead atoms. The molecule has 2 fully saturated rings. The number of piperazine rings is 1. The highest BCUT2D eigenvalue weighted by molar-refractivity contribution is 6.31. The van der Waals surface area contributed by atoms with E-state index in [-0.39, 0.29) is 5.82 Å². The zero-order valence-corrected chi connectivity index (χ0v) is 11.1. The Kier molecular flexibility index (Phi) is 3.55. The first kappa shape index (κ1) is 12.4. The lowest BCUT2D eigenvalue weighted by Crippen LogP contribution is -2.51. The van der Waals surface area contributed by atoms with Gasteiger partial charge in [-0.1, -0.05) is 11.6 Å². The van der Waals surface area contributed by atoms with E-state index >= 15 is 0 Å². The molecule has 3 rings (SSSR count). The van der Waals surface area contributed by atoms with Gasteiger partial charge in [0.15, 0.2) is 0 Å². The second kappa shape index (κ2) is 5.16. The van der Waals surface area contributed by atoms with E-state index in [4.69, 9.17) is 11.6 Å². The van der Waals surface area contributed by atoms with Crippen LogP contribution in [-0.4, -0.2) is 30.6 Å². The molecule has 0 spiro atoms. The van der Waals surface area contributed by atoms with Crippen LogP contribution in [0.1, 0.15) is 18.4 Å². The summed E-state index contributed by atoms with van der Waals surface area (Å²) < 4.78 is 13.3. The van der Waals surface area contributed by atoms with Crippen LogP contribution < -0.4 is 5.32 Å². The number of nitrogens with one attached hydrogen (secondary N) is 1. The first-order chi connectivity index (χ1) is 8.74. The maximum Gasteiger partial charge on any atom is 0.123 e. The van der Waals surface area contributed by atoms with Crippen molar-refractivity contribution in [2.24, 2.45) is 5.92 Å². The lowest BCUT2D eigenvalue weighted by molar-refractivity contribution is 0.135. The third-order valence-corrected chi connectivity index (χ3v) is 4.31. The molecule has 0 radical (unpaired) electrons. The molecular weight excluding hydrogens is 251 g/mol. The summed E-state index contributed by atoms with van der Waals surface area (Å²) in [5, 5.41) is 4.12. The van der Waals surface area contributed by atoms with Crippen molar-refractivity contribution in [1.82, 2.24) is 10.2 Å². The Morgan fingerprint density at radius 2 is 2.22 bits per heavy atom. The topological polar surface area (TPSA) is 15.3 Å². The van der Waals surface area contributed by atoms with Gasteiger partial charge < -0.3 is 5.32 Å². The molecule has 1 saturated heterocycles. The van der Waals surface area contributed by atoms with Crippen molar-refractivity contribution in [2.75, 3.05) is 19.6 Å². The highest BCUT2D eigenvalue weighted by Crippen LogP contribution is 2.36. The molecule has 1 aliphatic carbocycles. The van der Waals surface area contributed by atoms with Crippen molar-refractivity contribution in [1.29, 1.82) is 0 Å². The molecule has 4 heteroatoms. The Balaban J connectivity index is 1.75. The lowest BCUT2D eigenvalue weighted by atomic mass is 10.1. The van der Waals surface area contributed by atoms with Gasteiger partial charge in [0.2, 0.25) is 0 Å². The van der Waals surface area contributed by atoms with Crippen molar-refractivity contribution in [3.63, 3.8) is 0 Å². The van der Waals surface area contributed by atoms with Gasteiger partial charge in [-0.15, -0.1) is 0 Å². The van der Waals surface area contributed by atoms with Gasteiger partial charge in [0, 0.05) is 37.2 Å². The Morgan fingerprint density at radius 3 is 3.00 bits per heavy atom. The van der Waals surface area contributed by atoms with E-state index in [0.29, 0.717) is 11.1 Å². The van der Waals surface area contributed by atoms with Crippen LogP contribution in [0.25, 0.3) is 0 Å². The van der Waals surface area contributed by atoms with Crippen molar-refractivity contribution in [3.8, 4) is 0 Å². The molecule has 0 amide bonds. The molecule has 2 aliphatic rings. The number of rotatable bonds is 3. The van der Waals surface area contributed by atoms with Crippen LogP contribution in [0.3, 0.4) is 0 Å². The third kappa shape index (κ3) is 2.68. The molecule has 18 heavy (non-hydrogen) atoms. The molecule has 0 aromatic heterocycles. The average Bonchev–Trinajstić information content (AvgIpc) is 3.19. The molecular formula is C14H18ClFN2. The van der Waals surface area contributed by atoms with E-state index in [0.717, 1.165) is 37.7 Å². The van der Waals surface area contributed by atoms with Gasteiger partial charge in [-0.2, -0.15) is 0 Å². The number of hydrogen-bond donors (Lipinski definition) is 1. The van der Waals surface area contributed by atoms with Gasteiger partial charge in [-0.05, 0) is 42.5 Å². The third-order valence-electron chi connectivity index (χ3n) is 3.95. The van der Waals surface area contributed by atoms with Crippen molar-refractivity contribution in [3.05, 3.63) is 34.6 Å². The normalized spacial score (nSPS) is 25.3. The van der Waals surface area contributed by atoms with Gasteiger partial charge in [0.05, 0.1) is 0 Å². The standard InChI is InChI=1S/C14H18ClFN2/c15-13-4-3-12(16)7-11(13)9-18-6-5-17-8-14(18)10-1-2-10/h3-4,7,10,14,17H,1-2,5-6,8-9H2. The monoisotopic (exact) mass is 268 g/mol. The van der Waals surface area contributed by atoms with Crippen LogP contribution in [0.15, 0.2) is 18.2 Å². The Labute approximate surface area is 112 Å². The predicted octanol–water partition coefficient (Wildman–Crippen LogP) is 2.66. The molecule has 1 N–H and O–H groups in total. The molecule has 2 nitrogen and oxygen atoms in total. The number of benzene rings is 1. The zero-order chi connectivity index (χ0) is 12.5. The molecule has 1 aromatic carbocycles. The first-order valence-electron chi connectivity index (χ1n) is 6.63.